The fourth-order valence-corrected chi connectivity index (χ4v) is 1.94. The quantitative estimate of drug-likeness (QED) is 0.773. The van der Waals surface area contributed by atoms with E-state index in [0.29, 0.717) is 12.6 Å². The first-order chi connectivity index (χ1) is 7.76. The molecule has 0 amide bonds. The molecule has 0 fully saturated rings. The first kappa shape index (κ1) is 13.5. The van der Waals surface area contributed by atoms with Gasteiger partial charge in [-0.05, 0) is 31.0 Å². The molecular formula is C13H20BrNO. The van der Waals surface area contributed by atoms with E-state index >= 15 is 0 Å². The van der Waals surface area contributed by atoms with Crippen LogP contribution in [-0.4, -0.2) is 19.2 Å². The molecule has 0 atom stereocenters. The van der Waals surface area contributed by atoms with Crippen LogP contribution in [-0.2, 0) is 0 Å². The molecule has 90 valence electrons. The molecule has 0 bridgehead atoms. The van der Waals surface area contributed by atoms with Gasteiger partial charge in [0.2, 0.25) is 0 Å². The average molecular weight is 286 g/mol. The van der Waals surface area contributed by atoms with E-state index in [9.17, 15) is 0 Å². The van der Waals surface area contributed by atoms with Gasteiger partial charge in [-0.15, -0.1) is 0 Å². The number of benzene rings is 1. The van der Waals surface area contributed by atoms with Crippen molar-refractivity contribution in [3.05, 3.63) is 28.7 Å². The van der Waals surface area contributed by atoms with Crippen molar-refractivity contribution >= 4 is 15.9 Å². The summed E-state index contributed by atoms with van der Waals surface area (Å²) in [7, 11) is 0. The van der Waals surface area contributed by atoms with Gasteiger partial charge in [0.25, 0.3) is 0 Å². The monoisotopic (exact) mass is 285 g/mol. The number of hydrogen-bond acceptors (Lipinski definition) is 2. The molecule has 3 heteroatoms. The SMILES string of the molecule is CCC(CC)NCCOc1cccc(Br)c1. The molecule has 0 aliphatic rings. The maximum Gasteiger partial charge on any atom is 0.120 e. The van der Waals surface area contributed by atoms with Gasteiger partial charge in [-0.1, -0.05) is 35.8 Å². The lowest BCUT2D eigenvalue weighted by Gasteiger charge is -2.14. The summed E-state index contributed by atoms with van der Waals surface area (Å²) in [6.07, 6.45) is 2.35. The van der Waals surface area contributed by atoms with Crippen LogP contribution in [0.3, 0.4) is 0 Å². The lowest BCUT2D eigenvalue weighted by atomic mass is 10.2. The van der Waals surface area contributed by atoms with E-state index in [1.807, 2.05) is 24.3 Å². The molecule has 0 unspecified atom stereocenters. The fraction of sp³-hybridized carbons (Fsp3) is 0.538. The number of hydrogen-bond donors (Lipinski definition) is 1. The second-order valence-corrected chi connectivity index (χ2v) is 4.69. The van der Waals surface area contributed by atoms with Gasteiger partial charge in [0.15, 0.2) is 0 Å². The summed E-state index contributed by atoms with van der Waals surface area (Å²) in [5.41, 5.74) is 0. The number of ether oxygens (including phenoxy) is 1. The standard InChI is InChI=1S/C13H20BrNO/c1-3-12(4-2)15-8-9-16-13-7-5-6-11(14)10-13/h5-7,10,12,15H,3-4,8-9H2,1-2H3. The Hall–Kier alpha value is -0.540. The third-order valence-corrected chi connectivity index (χ3v) is 3.08. The first-order valence-electron chi connectivity index (χ1n) is 5.88. The number of rotatable bonds is 7. The van der Waals surface area contributed by atoms with E-state index in [0.717, 1.165) is 16.8 Å². The van der Waals surface area contributed by atoms with Crippen LogP contribution in [0.25, 0.3) is 0 Å². The minimum absolute atomic E-state index is 0.617. The topological polar surface area (TPSA) is 21.3 Å². The lowest BCUT2D eigenvalue weighted by molar-refractivity contribution is 0.302. The molecule has 1 N–H and O–H groups in total. The lowest BCUT2D eigenvalue weighted by Crippen LogP contribution is -2.31. The van der Waals surface area contributed by atoms with Crippen LogP contribution in [0.1, 0.15) is 26.7 Å². The predicted octanol–water partition coefficient (Wildman–Crippen LogP) is 3.61. The van der Waals surface area contributed by atoms with Crippen molar-refractivity contribution in [2.24, 2.45) is 0 Å². The zero-order valence-electron chi connectivity index (χ0n) is 10.0. The smallest absolute Gasteiger partial charge is 0.120 e. The van der Waals surface area contributed by atoms with Crippen LogP contribution >= 0.6 is 15.9 Å². The van der Waals surface area contributed by atoms with E-state index in [-0.39, 0.29) is 0 Å². The third kappa shape index (κ3) is 4.99. The van der Waals surface area contributed by atoms with E-state index in [4.69, 9.17) is 4.74 Å². The maximum atomic E-state index is 5.63. The molecule has 0 spiro atoms. The molecular weight excluding hydrogens is 266 g/mol. The van der Waals surface area contributed by atoms with Gasteiger partial charge < -0.3 is 10.1 Å². The van der Waals surface area contributed by atoms with Gasteiger partial charge in [-0.25, -0.2) is 0 Å². The fourth-order valence-electron chi connectivity index (χ4n) is 1.57. The average Bonchev–Trinajstić information content (AvgIpc) is 2.29. The first-order valence-corrected chi connectivity index (χ1v) is 6.67. The Labute approximate surface area is 107 Å². The van der Waals surface area contributed by atoms with Crippen LogP contribution in [0.5, 0.6) is 5.75 Å². The molecule has 16 heavy (non-hydrogen) atoms. The van der Waals surface area contributed by atoms with E-state index < -0.39 is 0 Å². The molecule has 0 aliphatic heterocycles. The minimum Gasteiger partial charge on any atom is -0.492 e. The molecule has 0 radical (unpaired) electrons. The van der Waals surface area contributed by atoms with Gasteiger partial charge in [0.05, 0.1) is 0 Å². The van der Waals surface area contributed by atoms with Crippen LogP contribution in [0.4, 0.5) is 0 Å². The maximum absolute atomic E-state index is 5.63. The second kappa shape index (κ2) is 7.69. The Morgan fingerprint density at radius 3 is 2.69 bits per heavy atom. The highest BCUT2D eigenvalue weighted by Crippen LogP contribution is 2.17. The van der Waals surface area contributed by atoms with Crippen molar-refractivity contribution in [2.75, 3.05) is 13.2 Å². The molecule has 1 rings (SSSR count). The summed E-state index contributed by atoms with van der Waals surface area (Å²) in [5, 5.41) is 3.47. The molecule has 1 aromatic carbocycles. The van der Waals surface area contributed by atoms with Crippen LogP contribution < -0.4 is 10.1 Å². The van der Waals surface area contributed by atoms with Crippen molar-refractivity contribution in [1.29, 1.82) is 0 Å². The van der Waals surface area contributed by atoms with Gasteiger partial charge in [0.1, 0.15) is 12.4 Å². The summed E-state index contributed by atoms with van der Waals surface area (Å²) in [5.74, 6) is 0.917. The largest absolute Gasteiger partial charge is 0.492 e. The number of halogens is 1. The van der Waals surface area contributed by atoms with Crippen molar-refractivity contribution in [3.8, 4) is 5.75 Å². The van der Waals surface area contributed by atoms with Crippen LogP contribution in [0, 0.1) is 0 Å². The Morgan fingerprint density at radius 2 is 2.06 bits per heavy atom. The van der Waals surface area contributed by atoms with E-state index in [1.165, 1.54) is 12.8 Å². The van der Waals surface area contributed by atoms with Gasteiger partial charge in [0, 0.05) is 17.1 Å². The van der Waals surface area contributed by atoms with Crippen LogP contribution in [0.2, 0.25) is 0 Å². The van der Waals surface area contributed by atoms with E-state index in [2.05, 4.69) is 35.1 Å². The Kier molecular flexibility index (Phi) is 6.50. The highest BCUT2D eigenvalue weighted by Gasteiger charge is 2.01. The summed E-state index contributed by atoms with van der Waals surface area (Å²) < 4.78 is 6.69. The van der Waals surface area contributed by atoms with Gasteiger partial charge in [-0.3, -0.25) is 0 Å². The highest BCUT2D eigenvalue weighted by atomic mass is 79.9. The molecule has 0 saturated carbocycles. The Balaban J connectivity index is 2.20. The molecule has 1 aromatic rings. The second-order valence-electron chi connectivity index (χ2n) is 3.77. The normalized spacial score (nSPS) is 10.8. The summed E-state index contributed by atoms with van der Waals surface area (Å²) in [4.78, 5) is 0. The highest BCUT2D eigenvalue weighted by molar-refractivity contribution is 9.10. The number of nitrogens with one attached hydrogen (secondary N) is 1. The molecule has 2 nitrogen and oxygen atoms in total. The summed E-state index contributed by atoms with van der Waals surface area (Å²) >= 11 is 3.42. The van der Waals surface area contributed by atoms with Crippen molar-refractivity contribution in [1.82, 2.24) is 5.32 Å². The molecule has 0 aromatic heterocycles. The summed E-state index contributed by atoms with van der Waals surface area (Å²) in [6, 6.07) is 8.55. The van der Waals surface area contributed by atoms with Crippen molar-refractivity contribution < 1.29 is 4.74 Å². The summed E-state index contributed by atoms with van der Waals surface area (Å²) in [6.45, 7) is 6.03. The molecule has 0 heterocycles. The van der Waals surface area contributed by atoms with Gasteiger partial charge in [-0.2, -0.15) is 0 Å². The zero-order chi connectivity index (χ0) is 11.8. The van der Waals surface area contributed by atoms with Gasteiger partial charge >= 0.3 is 0 Å². The van der Waals surface area contributed by atoms with Crippen LogP contribution in [0.15, 0.2) is 28.7 Å². The molecule has 0 saturated heterocycles. The predicted molar refractivity (Wildman–Crippen MR) is 72.0 cm³/mol. The van der Waals surface area contributed by atoms with Crippen molar-refractivity contribution in [3.63, 3.8) is 0 Å². The van der Waals surface area contributed by atoms with Crippen molar-refractivity contribution in [2.45, 2.75) is 32.7 Å². The van der Waals surface area contributed by atoms with E-state index in [1.54, 1.807) is 0 Å². The Morgan fingerprint density at radius 1 is 1.31 bits per heavy atom. The minimum atomic E-state index is 0.617. The Bertz CT molecular complexity index is 300. The third-order valence-electron chi connectivity index (χ3n) is 2.59. The zero-order valence-corrected chi connectivity index (χ0v) is 11.6. The molecule has 0 aliphatic carbocycles.